The average molecular weight is 270 g/mol. The number of nitrogens with zero attached hydrogens (tertiary/aromatic N) is 1. The normalized spacial score (nSPS) is 27.8. The van der Waals surface area contributed by atoms with Crippen LogP contribution in [-0.2, 0) is 19.1 Å². The Morgan fingerprint density at radius 3 is 2.89 bits per heavy atom. The van der Waals surface area contributed by atoms with Crippen LogP contribution in [0, 0.1) is 5.92 Å². The Bertz CT molecular complexity index is 378. The van der Waals surface area contributed by atoms with Gasteiger partial charge >= 0.3 is 5.97 Å². The first kappa shape index (κ1) is 13.8. The maximum Gasteiger partial charge on any atom is 0.305 e. The van der Waals surface area contributed by atoms with Crippen LogP contribution in [0.15, 0.2) is 0 Å². The van der Waals surface area contributed by atoms with E-state index >= 15 is 0 Å². The van der Waals surface area contributed by atoms with Gasteiger partial charge in [0.2, 0.25) is 11.8 Å². The third kappa shape index (κ3) is 3.23. The second-order valence-electron chi connectivity index (χ2n) is 4.85. The fourth-order valence-corrected chi connectivity index (χ4v) is 2.52. The zero-order valence-electron chi connectivity index (χ0n) is 10.6. The van der Waals surface area contributed by atoms with E-state index in [1.54, 1.807) is 0 Å². The molecule has 0 bridgehead atoms. The number of carbonyl (C=O) groups is 3. The first-order valence-corrected chi connectivity index (χ1v) is 6.47. The molecule has 2 heterocycles. The summed E-state index contributed by atoms with van der Waals surface area (Å²) in [6, 6.07) is -0.902. The van der Waals surface area contributed by atoms with Gasteiger partial charge in [-0.15, -0.1) is 0 Å². The number of carboxylic acid groups (broad SMARTS) is 1. The van der Waals surface area contributed by atoms with E-state index < -0.39 is 17.9 Å². The third-order valence-corrected chi connectivity index (χ3v) is 3.49. The molecule has 2 aliphatic heterocycles. The quantitative estimate of drug-likeness (QED) is 0.701. The summed E-state index contributed by atoms with van der Waals surface area (Å²) >= 11 is 0. The molecule has 0 saturated carbocycles. The van der Waals surface area contributed by atoms with Crippen LogP contribution in [0.3, 0.4) is 0 Å². The molecule has 2 N–H and O–H groups in total. The second-order valence-corrected chi connectivity index (χ2v) is 4.85. The lowest BCUT2D eigenvalue weighted by atomic mass is 9.98. The van der Waals surface area contributed by atoms with Crippen LogP contribution in [0.5, 0.6) is 0 Å². The highest BCUT2D eigenvalue weighted by Gasteiger charge is 2.37. The first-order chi connectivity index (χ1) is 9.09. The van der Waals surface area contributed by atoms with Gasteiger partial charge in [0.05, 0.1) is 18.9 Å². The Hall–Kier alpha value is -1.63. The number of hydrogen-bond donors (Lipinski definition) is 2. The molecule has 0 aliphatic carbocycles. The smallest absolute Gasteiger partial charge is 0.305 e. The SMILES string of the molecule is O=C(O)CC1C(=O)NCCN1C(=O)C1CCCOC1. The van der Waals surface area contributed by atoms with Gasteiger partial charge < -0.3 is 20.1 Å². The number of piperazine rings is 1. The molecule has 2 unspecified atom stereocenters. The van der Waals surface area contributed by atoms with E-state index in [1.165, 1.54) is 4.90 Å². The van der Waals surface area contributed by atoms with E-state index in [-0.39, 0.29) is 18.2 Å². The van der Waals surface area contributed by atoms with Gasteiger partial charge in [-0.05, 0) is 12.8 Å². The van der Waals surface area contributed by atoms with E-state index in [0.29, 0.717) is 26.3 Å². The predicted octanol–water partition coefficient (Wildman–Crippen LogP) is -0.785. The summed E-state index contributed by atoms with van der Waals surface area (Å²) in [5, 5.41) is 11.4. The van der Waals surface area contributed by atoms with Gasteiger partial charge in [0.1, 0.15) is 6.04 Å². The Morgan fingerprint density at radius 1 is 1.47 bits per heavy atom. The summed E-state index contributed by atoms with van der Waals surface area (Å²) in [4.78, 5) is 36.3. The standard InChI is InChI=1S/C12H18N2O5/c15-10(16)6-9-11(17)13-3-4-14(9)12(18)8-2-1-5-19-7-8/h8-9H,1-7H2,(H,13,17)(H,15,16). The van der Waals surface area contributed by atoms with E-state index in [9.17, 15) is 14.4 Å². The van der Waals surface area contributed by atoms with Crippen LogP contribution in [0.2, 0.25) is 0 Å². The predicted molar refractivity (Wildman–Crippen MR) is 64.3 cm³/mol. The molecule has 2 atom stereocenters. The van der Waals surface area contributed by atoms with Crippen molar-refractivity contribution in [3.05, 3.63) is 0 Å². The highest BCUT2D eigenvalue weighted by molar-refractivity contribution is 5.92. The zero-order chi connectivity index (χ0) is 13.8. The minimum atomic E-state index is -1.08. The Labute approximate surface area is 110 Å². The molecule has 7 heteroatoms. The number of amides is 2. The van der Waals surface area contributed by atoms with Gasteiger partial charge in [-0.3, -0.25) is 14.4 Å². The number of carboxylic acids is 1. The van der Waals surface area contributed by atoms with Gasteiger partial charge in [0.25, 0.3) is 0 Å². The molecule has 0 radical (unpaired) electrons. The molecule has 0 aromatic heterocycles. The van der Waals surface area contributed by atoms with Crippen molar-refractivity contribution in [2.75, 3.05) is 26.3 Å². The zero-order valence-corrected chi connectivity index (χ0v) is 10.6. The van der Waals surface area contributed by atoms with Gasteiger partial charge in [-0.25, -0.2) is 0 Å². The fourth-order valence-electron chi connectivity index (χ4n) is 2.52. The van der Waals surface area contributed by atoms with Crippen molar-refractivity contribution < 1.29 is 24.2 Å². The molecule has 2 rings (SSSR count). The van der Waals surface area contributed by atoms with Crippen molar-refractivity contribution in [1.29, 1.82) is 0 Å². The number of carbonyl (C=O) groups excluding carboxylic acids is 2. The van der Waals surface area contributed by atoms with E-state index in [1.807, 2.05) is 0 Å². The summed E-state index contributed by atoms with van der Waals surface area (Å²) < 4.78 is 5.27. The van der Waals surface area contributed by atoms with Gasteiger partial charge in [-0.2, -0.15) is 0 Å². The maximum atomic E-state index is 12.4. The van der Waals surface area contributed by atoms with Gasteiger partial charge in [0.15, 0.2) is 0 Å². The molecule has 2 amide bonds. The molecule has 0 aromatic carbocycles. The van der Waals surface area contributed by atoms with Crippen molar-refractivity contribution in [3.63, 3.8) is 0 Å². The highest BCUT2D eigenvalue weighted by atomic mass is 16.5. The Morgan fingerprint density at radius 2 is 2.26 bits per heavy atom. The average Bonchev–Trinajstić information content (AvgIpc) is 2.41. The lowest BCUT2D eigenvalue weighted by Crippen LogP contribution is -2.59. The molecule has 106 valence electrons. The van der Waals surface area contributed by atoms with Crippen molar-refractivity contribution in [1.82, 2.24) is 10.2 Å². The number of rotatable bonds is 3. The van der Waals surface area contributed by atoms with E-state index in [2.05, 4.69) is 5.32 Å². The summed E-state index contributed by atoms with van der Waals surface area (Å²) in [6.45, 7) is 1.74. The first-order valence-electron chi connectivity index (χ1n) is 6.47. The van der Waals surface area contributed by atoms with Crippen LogP contribution >= 0.6 is 0 Å². The van der Waals surface area contributed by atoms with Crippen LogP contribution in [-0.4, -0.2) is 60.1 Å². The third-order valence-electron chi connectivity index (χ3n) is 3.49. The van der Waals surface area contributed by atoms with Crippen molar-refractivity contribution >= 4 is 17.8 Å². The van der Waals surface area contributed by atoms with Gasteiger partial charge in [0, 0.05) is 19.7 Å². The second kappa shape index (κ2) is 6.01. The highest BCUT2D eigenvalue weighted by Crippen LogP contribution is 2.20. The topological polar surface area (TPSA) is 95.9 Å². The number of hydrogen-bond acceptors (Lipinski definition) is 4. The number of ether oxygens (including phenoxy) is 1. The van der Waals surface area contributed by atoms with Crippen molar-refractivity contribution in [2.45, 2.75) is 25.3 Å². The van der Waals surface area contributed by atoms with Crippen molar-refractivity contribution in [3.8, 4) is 0 Å². The molecule has 7 nitrogen and oxygen atoms in total. The summed E-state index contributed by atoms with van der Waals surface area (Å²) in [7, 11) is 0. The van der Waals surface area contributed by atoms with E-state index in [4.69, 9.17) is 9.84 Å². The molecule has 19 heavy (non-hydrogen) atoms. The summed E-state index contributed by atoms with van der Waals surface area (Å²) in [5.74, 6) is -1.89. The number of nitrogens with one attached hydrogen (secondary N) is 1. The summed E-state index contributed by atoms with van der Waals surface area (Å²) in [5.41, 5.74) is 0. The lowest BCUT2D eigenvalue weighted by Gasteiger charge is -2.37. The monoisotopic (exact) mass is 270 g/mol. The van der Waals surface area contributed by atoms with Crippen LogP contribution in [0.1, 0.15) is 19.3 Å². The van der Waals surface area contributed by atoms with Crippen LogP contribution < -0.4 is 5.32 Å². The van der Waals surface area contributed by atoms with Crippen LogP contribution in [0.25, 0.3) is 0 Å². The Balaban J connectivity index is 2.07. The van der Waals surface area contributed by atoms with Crippen molar-refractivity contribution in [2.24, 2.45) is 5.92 Å². The largest absolute Gasteiger partial charge is 0.481 e. The number of aliphatic carboxylic acids is 1. The molecule has 0 aromatic rings. The Kier molecular flexibility index (Phi) is 4.36. The molecular weight excluding hydrogens is 252 g/mol. The summed E-state index contributed by atoms with van der Waals surface area (Å²) in [6.07, 6.45) is 1.20. The minimum Gasteiger partial charge on any atom is -0.481 e. The molecular formula is C12H18N2O5. The minimum absolute atomic E-state index is 0.166. The molecule has 2 saturated heterocycles. The lowest BCUT2D eigenvalue weighted by molar-refractivity contribution is -0.152. The molecule has 0 spiro atoms. The van der Waals surface area contributed by atoms with E-state index in [0.717, 1.165) is 12.8 Å². The molecule has 2 fully saturated rings. The van der Waals surface area contributed by atoms with Crippen LogP contribution in [0.4, 0.5) is 0 Å². The molecule has 2 aliphatic rings. The van der Waals surface area contributed by atoms with Gasteiger partial charge in [-0.1, -0.05) is 0 Å². The maximum absolute atomic E-state index is 12.4. The fraction of sp³-hybridized carbons (Fsp3) is 0.750.